The average molecular weight is 342 g/mol. The van der Waals surface area contributed by atoms with E-state index in [1.54, 1.807) is 30.3 Å². The number of benzene rings is 2. The summed E-state index contributed by atoms with van der Waals surface area (Å²) in [6.07, 6.45) is 1.32. The monoisotopic (exact) mass is 342 g/mol. The van der Waals surface area contributed by atoms with Gasteiger partial charge in [-0.1, -0.05) is 18.2 Å². The highest BCUT2D eigenvalue weighted by molar-refractivity contribution is 6.07. The van der Waals surface area contributed by atoms with Gasteiger partial charge in [-0.25, -0.2) is 9.18 Å². The van der Waals surface area contributed by atoms with Crippen molar-refractivity contribution >= 4 is 23.3 Å². The maximum absolute atomic E-state index is 12.0. The van der Waals surface area contributed by atoms with Gasteiger partial charge in [0.2, 0.25) is 0 Å². The number of H-pyrrole nitrogens is 1. The summed E-state index contributed by atoms with van der Waals surface area (Å²) in [5.41, 5.74) is 6.23. The van der Waals surface area contributed by atoms with Crippen molar-refractivity contribution in [1.29, 1.82) is 0 Å². The topological polar surface area (TPSA) is 121 Å². The Bertz CT molecular complexity index is 827. The molecule has 3 aromatic rings. The number of nitrogens with one attached hydrogen (secondary N) is 2. The third-order valence-corrected chi connectivity index (χ3v) is 3.00. The van der Waals surface area contributed by atoms with E-state index in [2.05, 4.69) is 15.5 Å². The first kappa shape index (κ1) is 17.7. The molecule has 0 saturated carbocycles. The molecular formula is C17H15FN4O3. The molecule has 0 aliphatic carbocycles. The van der Waals surface area contributed by atoms with Crippen molar-refractivity contribution < 1.29 is 19.1 Å². The van der Waals surface area contributed by atoms with Gasteiger partial charge in [0.15, 0.2) is 5.69 Å². The average Bonchev–Trinajstić information content (AvgIpc) is 3.07. The minimum atomic E-state index is -1.20. The fraction of sp³-hybridized carbons (Fsp3) is 0. The van der Waals surface area contributed by atoms with E-state index in [0.717, 1.165) is 0 Å². The molecule has 2 aromatic carbocycles. The molecule has 0 saturated heterocycles. The van der Waals surface area contributed by atoms with Crippen LogP contribution in [0.3, 0.4) is 0 Å². The number of anilines is 2. The second-order valence-electron chi connectivity index (χ2n) is 4.82. The Morgan fingerprint density at radius 3 is 2.28 bits per heavy atom. The predicted octanol–water partition coefficient (Wildman–Crippen LogP) is 2.77. The number of amides is 1. The van der Waals surface area contributed by atoms with Crippen molar-refractivity contribution in [2.45, 2.75) is 0 Å². The first-order chi connectivity index (χ1) is 12.0. The van der Waals surface area contributed by atoms with Crippen molar-refractivity contribution in [2.24, 2.45) is 0 Å². The first-order valence-electron chi connectivity index (χ1n) is 7.12. The Hall–Kier alpha value is -3.68. The van der Waals surface area contributed by atoms with E-state index in [-0.39, 0.29) is 23.1 Å². The summed E-state index contributed by atoms with van der Waals surface area (Å²) in [5, 5.41) is 17.2. The van der Waals surface area contributed by atoms with Gasteiger partial charge in [-0.2, -0.15) is 5.10 Å². The molecule has 0 aliphatic rings. The number of nitrogens with zero attached hydrogens (tertiary/aromatic N) is 1. The summed E-state index contributed by atoms with van der Waals surface area (Å²) in [7, 11) is 0. The normalized spacial score (nSPS) is 9.64. The van der Waals surface area contributed by atoms with Crippen LogP contribution < -0.4 is 11.1 Å². The van der Waals surface area contributed by atoms with E-state index in [0.29, 0.717) is 11.3 Å². The van der Waals surface area contributed by atoms with Crippen molar-refractivity contribution in [3.05, 3.63) is 77.9 Å². The van der Waals surface area contributed by atoms with Crippen molar-refractivity contribution in [3.8, 4) is 0 Å². The zero-order chi connectivity index (χ0) is 18.2. The van der Waals surface area contributed by atoms with Crippen LogP contribution in [0.5, 0.6) is 0 Å². The van der Waals surface area contributed by atoms with E-state index < -0.39 is 5.97 Å². The zero-order valence-corrected chi connectivity index (χ0v) is 12.9. The zero-order valence-electron chi connectivity index (χ0n) is 12.9. The van der Waals surface area contributed by atoms with E-state index in [1.807, 2.05) is 0 Å². The van der Waals surface area contributed by atoms with E-state index in [9.17, 15) is 14.0 Å². The lowest BCUT2D eigenvalue weighted by Crippen LogP contribution is -2.13. The molecule has 25 heavy (non-hydrogen) atoms. The summed E-state index contributed by atoms with van der Waals surface area (Å²) in [5.74, 6) is -1.83. The molecular weight excluding hydrogens is 327 g/mol. The second-order valence-corrected chi connectivity index (χ2v) is 4.82. The number of aromatic carboxylic acids is 1. The molecule has 0 unspecified atom stereocenters. The number of carboxylic acids is 1. The van der Waals surface area contributed by atoms with Crippen molar-refractivity contribution in [2.75, 3.05) is 11.1 Å². The molecule has 5 N–H and O–H groups in total. The number of hydrogen-bond donors (Lipinski definition) is 4. The third kappa shape index (κ3) is 5.17. The Labute approximate surface area is 142 Å². The maximum Gasteiger partial charge on any atom is 0.358 e. The Morgan fingerprint density at radius 1 is 1.08 bits per heavy atom. The summed E-state index contributed by atoms with van der Waals surface area (Å²) in [6, 6.07) is 14.2. The van der Waals surface area contributed by atoms with Crippen LogP contribution >= 0.6 is 0 Å². The Balaban J connectivity index is 0.000000236. The van der Waals surface area contributed by atoms with Crippen LogP contribution in [-0.2, 0) is 0 Å². The Morgan fingerprint density at radius 2 is 1.72 bits per heavy atom. The van der Waals surface area contributed by atoms with E-state index in [1.165, 1.54) is 30.5 Å². The second kappa shape index (κ2) is 8.25. The number of nitrogen functional groups attached to an aromatic ring is 1. The lowest BCUT2D eigenvalue weighted by molar-refractivity contribution is 0.0691. The third-order valence-electron chi connectivity index (χ3n) is 3.00. The fourth-order valence-corrected chi connectivity index (χ4v) is 1.80. The molecule has 1 aromatic heterocycles. The molecule has 8 heteroatoms. The molecule has 3 rings (SSSR count). The number of carbonyl (C=O) groups excluding carboxylic acids is 1. The molecule has 0 fully saturated rings. The Kier molecular flexibility index (Phi) is 5.83. The maximum atomic E-state index is 12.0. The summed E-state index contributed by atoms with van der Waals surface area (Å²) < 4.78 is 12.0. The number of rotatable bonds is 3. The lowest BCUT2D eigenvalue weighted by Gasteiger charge is -2.02. The summed E-state index contributed by atoms with van der Waals surface area (Å²) >= 11 is 0. The van der Waals surface area contributed by atoms with Crippen molar-refractivity contribution in [1.82, 2.24) is 10.2 Å². The number of nitrogens with two attached hydrogens (primary N) is 1. The van der Waals surface area contributed by atoms with Crippen LogP contribution in [0, 0.1) is 5.82 Å². The molecule has 0 atom stereocenters. The highest BCUT2D eigenvalue weighted by Gasteiger charge is 2.15. The standard InChI is InChI=1S/C11H9N3O3.C6H6FN/c15-10(7-4-2-1-3-5-7)13-8-6-12-14-9(8)11(16)17;7-5-1-3-6(8)4-2-5/h1-6H,(H,12,14)(H,13,15)(H,16,17);1-4H,8H2. The van der Waals surface area contributed by atoms with Gasteiger partial charge in [0.05, 0.1) is 5.69 Å². The fourth-order valence-electron chi connectivity index (χ4n) is 1.80. The van der Waals surface area contributed by atoms with Gasteiger partial charge in [-0.05, 0) is 36.4 Å². The van der Waals surface area contributed by atoms with Gasteiger partial charge in [0.1, 0.15) is 5.82 Å². The molecule has 1 amide bonds. The van der Waals surface area contributed by atoms with Gasteiger partial charge < -0.3 is 16.2 Å². The summed E-state index contributed by atoms with van der Waals surface area (Å²) in [6.45, 7) is 0. The highest BCUT2D eigenvalue weighted by atomic mass is 19.1. The van der Waals surface area contributed by atoms with Gasteiger partial charge in [0, 0.05) is 17.4 Å². The van der Waals surface area contributed by atoms with E-state index >= 15 is 0 Å². The molecule has 0 bridgehead atoms. The lowest BCUT2D eigenvalue weighted by atomic mass is 10.2. The van der Waals surface area contributed by atoms with Crippen LogP contribution in [0.2, 0.25) is 0 Å². The summed E-state index contributed by atoms with van der Waals surface area (Å²) in [4.78, 5) is 22.5. The van der Waals surface area contributed by atoms with Gasteiger partial charge >= 0.3 is 5.97 Å². The molecule has 0 radical (unpaired) electrons. The number of carboxylic acid groups (broad SMARTS) is 1. The predicted molar refractivity (Wildman–Crippen MR) is 90.8 cm³/mol. The molecule has 7 nitrogen and oxygen atoms in total. The quantitative estimate of drug-likeness (QED) is 0.545. The first-order valence-corrected chi connectivity index (χ1v) is 7.12. The van der Waals surface area contributed by atoms with Crippen LogP contribution in [0.25, 0.3) is 0 Å². The van der Waals surface area contributed by atoms with Gasteiger partial charge in [-0.3, -0.25) is 9.89 Å². The number of hydrogen-bond acceptors (Lipinski definition) is 4. The number of carbonyl (C=O) groups is 2. The minimum Gasteiger partial charge on any atom is -0.476 e. The van der Waals surface area contributed by atoms with Crippen LogP contribution in [-0.4, -0.2) is 27.2 Å². The number of aromatic nitrogens is 2. The molecule has 1 heterocycles. The van der Waals surface area contributed by atoms with Crippen LogP contribution in [0.1, 0.15) is 20.8 Å². The van der Waals surface area contributed by atoms with Crippen molar-refractivity contribution in [3.63, 3.8) is 0 Å². The largest absolute Gasteiger partial charge is 0.476 e. The molecule has 0 aliphatic heterocycles. The SMILES string of the molecule is Nc1ccc(F)cc1.O=C(Nc1c[nH]nc1C(=O)O)c1ccccc1. The van der Waals surface area contributed by atoms with Crippen LogP contribution in [0.15, 0.2) is 60.8 Å². The van der Waals surface area contributed by atoms with Gasteiger partial charge in [-0.15, -0.1) is 0 Å². The molecule has 128 valence electrons. The minimum absolute atomic E-state index is 0.145. The molecule has 0 spiro atoms. The van der Waals surface area contributed by atoms with Gasteiger partial charge in [0.25, 0.3) is 5.91 Å². The number of aromatic amines is 1. The smallest absolute Gasteiger partial charge is 0.358 e. The van der Waals surface area contributed by atoms with Crippen LogP contribution in [0.4, 0.5) is 15.8 Å². The van der Waals surface area contributed by atoms with E-state index in [4.69, 9.17) is 10.8 Å². The number of halogens is 1. The highest BCUT2D eigenvalue weighted by Crippen LogP contribution is 2.13.